The van der Waals surface area contributed by atoms with Gasteiger partial charge in [0.25, 0.3) is 5.91 Å². The Morgan fingerprint density at radius 1 is 1.25 bits per heavy atom. The Kier molecular flexibility index (Phi) is 4.55. The second-order valence-electron chi connectivity index (χ2n) is 4.18. The lowest BCUT2D eigenvalue weighted by Gasteiger charge is -2.08. The van der Waals surface area contributed by atoms with E-state index in [1.165, 1.54) is 0 Å². The molecular formula is C15H17N3O2. The van der Waals surface area contributed by atoms with Crippen molar-refractivity contribution in [3.63, 3.8) is 0 Å². The number of hydrogen-bond donors (Lipinski definition) is 2. The van der Waals surface area contributed by atoms with Crippen LogP contribution in [0, 0.1) is 0 Å². The van der Waals surface area contributed by atoms with Crippen LogP contribution in [0.15, 0.2) is 42.5 Å². The number of benzene rings is 1. The summed E-state index contributed by atoms with van der Waals surface area (Å²) < 4.78 is 5.08. The number of carbonyl (C=O) groups is 1. The van der Waals surface area contributed by atoms with Gasteiger partial charge in [0.1, 0.15) is 0 Å². The number of anilines is 1. The molecule has 0 bridgehead atoms. The van der Waals surface area contributed by atoms with Gasteiger partial charge in [-0.25, -0.2) is 4.98 Å². The highest BCUT2D eigenvalue weighted by Gasteiger charge is 2.04. The van der Waals surface area contributed by atoms with Crippen LogP contribution in [0.25, 0.3) is 0 Å². The van der Waals surface area contributed by atoms with Crippen molar-refractivity contribution in [2.75, 3.05) is 19.5 Å². The Morgan fingerprint density at radius 2 is 2.05 bits per heavy atom. The molecule has 0 spiro atoms. The Balaban J connectivity index is 2.05. The van der Waals surface area contributed by atoms with Crippen LogP contribution in [-0.4, -0.2) is 25.0 Å². The molecule has 2 N–H and O–H groups in total. The van der Waals surface area contributed by atoms with Crippen LogP contribution in [0.5, 0.6) is 5.88 Å². The Labute approximate surface area is 118 Å². The molecule has 1 amide bonds. The lowest BCUT2D eigenvalue weighted by Crippen LogP contribution is -2.17. The van der Waals surface area contributed by atoms with Gasteiger partial charge >= 0.3 is 0 Å². The van der Waals surface area contributed by atoms with E-state index < -0.39 is 0 Å². The summed E-state index contributed by atoms with van der Waals surface area (Å²) in [6, 6.07) is 12.9. The first-order valence-corrected chi connectivity index (χ1v) is 6.29. The minimum Gasteiger partial charge on any atom is -0.481 e. The van der Waals surface area contributed by atoms with Gasteiger partial charge in [0.05, 0.1) is 19.3 Å². The average Bonchev–Trinajstić information content (AvgIpc) is 2.52. The monoisotopic (exact) mass is 271 g/mol. The summed E-state index contributed by atoms with van der Waals surface area (Å²) in [4.78, 5) is 15.9. The van der Waals surface area contributed by atoms with E-state index in [2.05, 4.69) is 15.6 Å². The molecule has 0 aliphatic carbocycles. The van der Waals surface area contributed by atoms with E-state index in [9.17, 15) is 4.79 Å². The maximum atomic E-state index is 11.6. The predicted octanol–water partition coefficient (Wildman–Crippen LogP) is 2.06. The first-order valence-electron chi connectivity index (χ1n) is 6.29. The molecule has 1 aromatic carbocycles. The van der Waals surface area contributed by atoms with Crippen molar-refractivity contribution in [2.45, 2.75) is 6.54 Å². The maximum Gasteiger partial charge on any atom is 0.251 e. The molecule has 0 fully saturated rings. The standard InChI is InChI=1S/C15H17N3O2/c1-16-15(19)11-5-3-6-12(9-11)17-10-13-7-4-8-14(18-13)20-2/h3-9,17H,10H2,1-2H3,(H,16,19). The van der Waals surface area contributed by atoms with Crippen LogP contribution in [0.3, 0.4) is 0 Å². The van der Waals surface area contributed by atoms with E-state index in [4.69, 9.17) is 4.74 Å². The Bertz CT molecular complexity index is 599. The second kappa shape index (κ2) is 6.56. The van der Waals surface area contributed by atoms with E-state index in [-0.39, 0.29) is 5.91 Å². The Morgan fingerprint density at radius 3 is 2.80 bits per heavy atom. The summed E-state index contributed by atoms with van der Waals surface area (Å²) in [6.45, 7) is 0.564. The zero-order valence-electron chi connectivity index (χ0n) is 11.5. The summed E-state index contributed by atoms with van der Waals surface area (Å²) in [6.07, 6.45) is 0. The lowest BCUT2D eigenvalue weighted by molar-refractivity contribution is 0.0963. The summed E-state index contributed by atoms with van der Waals surface area (Å²) >= 11 is 0. The van der Waals surface area contributed by atoms with Crippen molar-refractivity contribution in [1.82, 2.24) is 10.3 Å². The smallest absolute Gasteiger partial charge is 0.251 e. The third-order valence-electron chi connectivity index (χ3n) is 2.82. The highest BCUT2D eigenvalue weighted by molar-refractivity contribution is 5.94. The van der Waals surface area contributed by atoms with Crippen LogP contribution in [0.2, 0.25) is 0 Å². The number of pyridine rings is 1. The molecule has 0 unspecified atom stereocenters. The first-order chi connectivity index (χ1) is 9.72. The molecule has 2 rings (SSSR count). The van der Waals surface area contributed by atoms with Crippen LogP contribution in [0.4, 0.5) is 5.69 Å². The van der Waals surface area contributed by atoms with Crippen LogP contribution < -0.4 is 15.4 Å². The number of nitrogens with one attached hydrogen (secondary N) is 2. The van der Waals surface area contributed by atoms with Crippen molar-refractivity contribution in [2.24, 2.45) is 0 Å². The summed E-state index contributed by atoms with van der Waals surface area (Å²) in [5.41, 5.74) is 2.36. The van der Waals surface area contributed by atoms with Crippen LogP contribution in [-0.2, 0) is 6.54 Å². The van der Waals surface area contributed by atoms with Gasteiger partial charge in [-0.3, -0.25) is 4.79 Å². The van der Waals surface area contributed by atoms with Crippen molar-refractivity contribution >= 4 is 11.6 Å². The molecule has 0 saturated carbocycles. The molecule has 0 saturated heterocycles. The van der Waals surface area contributed by atoms with Gasteiger partial charge < -0.3 is 15.4 Å². The highest BCUT2D eigenvalue weighted by atomic mass is 16.5. The molecule has 1 heterocycles. The summed E-state index contributed by atoms with van der Waals surface area (Å²) in [5, 5.41) is 5.84. The number of aromatic nitrogens is 1. The molecule has 5 nitrogen and oxygen atoms in total. The highest BCUT2D eigenvalue weighted by Crippen LogP contribution is 2.13. The molecule has 1 aromatic heterocycles. The second-order valence-corrected chi connectivity index (χ2v) is 4.18. The van der Waals surface area contributed by atoms with Crippen LogP contribution in [0.1, 0.15) is 16.1 Å². The van der Waals surface area contributed by atoms with Gasteiger partial charge in [0.15, 0.2) is 0 Å². The van der Waals surface area contributed by atoms with Gasteiger partial charge in [0, 0.05) is 24.4 Å². The van der Waals surface area contributed by atoms with Crippen molar-refractivity contribution in [3.05, 3.63) is 53.7 Å². The number of carbonyl (C=O) groups excluding carboxylic acids is 1. The summed E-state index contributed by atoms with van der Waals surface area (Å²) in [7, 11) is 3.20. The van der Waals surface area contributed by atoms with Crippen molar-refractivity contribution < 1.29 is 9.53 Å². The zero-order valence-corrected chi connectivity index (χ0v) is 11.5. The van der Waals surface area contributed by atoms with Crippen molar-refractivity contribution in [1.29, 1.82) is 0 Å². The molecule has 0 radical (unpaired) electrons. The third kappa shape index (κ3) is 3.47. The SMILES string of the molecule is CNC(=O)c1cccc(NCc2cccc(OC)n2)c1. The zero-order chi connectivity index (χ0) is 14.4. The van der Waals surface area contributed by atoms with Gasteiger partial charge in [-0.05, 0) is 24.3 Å². The molecule has 0 atom stereocenters. The predicted molar refractivity (Wildman–Crippen MR) is 77.9 cm³/mol. The molecule has 0 aliphatic rings. The normalized spacial score (nSPS) is 9.90. The van der Waals surface area contributed by atoms with E-state index in [1.54, 1.807) is 32.4 Å². The number of rotatable bonds is 5. The number of nitrogens with zero attached hydrogens (tertiary/aromatic N) is 1. The quantitative estimate of drug-likeness (QED) is 0.873. The van der Waals surface area contributed by atoms with Gasteiger partial charge in [0.2, 0.25) is 5.88 Å². The number of hydrogen-bond acceptors (Lipinski definition) is 4. The molecule has 2 aromatic rings. The largest absolute Gasteiger partial charge is 0.481 e. The summed E-state index contributed by atoms with van der Waals surface area (Å²) in [5.74, 6) is 0.483. The topological polar surface area (TPSA) is 63.2 Å². The van der Waals surface area contributed by atoms with Gasteiger partial charge in [-0.1, -0.05) is 12.1 Å². The van der Waals surface area contributed by atoms with Gasteiger partial charge in [-0.15, -0.1) is 0 Å². The number of methoxy groups -OCH3 is 1. The van der Waals surface area contributed by atoms with E-state index in [0.29, 0.717) is 18.0 Å². The molecular weight excluding hydrogens is 254 g/mol. The van der Waals surface area contributed by atoms with Crippen LogP contribution >= 0.6 is 0 Å². The van der Waals surface area contributed by atoms with Gasteiger partial charge in [-0.2, -0.15) is 0 Å². The van der Waals surface area contributed by atoms with E-state index in [0.717, 1.165) is 11.4 Å². The fourth-order valence-electron chi connectivity index (χ4n) is 1.78. The maximum absolute atomic E-state index is 11.6. The molecule has 20 heavy (non-hydrogen) atoms. The fraction of sp³-hybridized carbons (Fsp3) is 0.200. The van der Waals surface area contributed by atoms with Crippen molar-refractivity contribution in [3.8, 4) is 5.88 Å². The molecule has 5 heteroatoms. The average molecular weight is 271 g/mol. The molecule has 104 valence electrons. The Hall–Kier alpha value is -2.56. The third-order valence-corrected chi connectivity index (χ3v) is 2.82. The lowest BCUT2D eigenvalue weighted by atomic mass is 10.2. The number of ether oxygens (including phenoxy) is 1. The minimum absolute atomic E-state index is 0.104. The van der Waals surface area contributed by atoms with E-state index >= 15 is 0 Å². The number of amides is 1. The first kappa shape index (κ1) is 13.9. The fourth-order valence-corrected chi connectivity index (χ4v) is 1.78. The van der Waals surface area contributed by atoms with E-state index in [1.807, 2.05) is 24.3 Å². The minimum atomic E-state index is -0.104. The molecule has 0 aliphatic heterocycles.